The summed E-state index contributed by atoms with van der Waals surface area (Å²) >= 11 is 1.36. The predicted molar refractivity (Wildman–Crippen MR) is 84.9 cm³/mol. The number of nitrogens with zero attached hydrogens (tertiary/aromatic N) is 4. The zero-order chi connectivity index (χ0) is 15.9. The van der Waals surface area contributed by atoms with Crippen molar-refractivity contribution >= 4 is 29.6 Å². The Labute approximate surface area is 130 Å². The molecule has 0 aliphatic rings. The van der Waals surface area contributed by atoms with E-state index < -0.39 is 4.92 Å². The number of nitrogens with two attached hydrogens (primary N) is 2. The first-order valence-corrected chi connectivity index (χ1v) is 6.87. The molecule has 1 heterocycles. The van der Waals surface area contributed by atoms with Gasteiger partial charge >= 0.3 is 0 Å². The summed E-state index contributed by atoms with van der Waals surface area (Å²) in [7, 11) is 0. The van der Waals surface area contributed by atoms with Crippen molar-refractivity contribution in [1.29, 1.82) is 0 Å². The minimum atomic E-state index is -0.479. The van der Waals surface area contributed by atoms with Crippen LogP contribution in [0.4, 0.5) is 5.69 Å². The van der Waals surface area contributed by atoms with Crippen molar-refractivity contribution in [2.45, 2.75) is 9.92 Å². The highest BCUT2D eigenvalue weighted by molar-refractivity contribution is 7.99. The fourth-order valence-corrected chi connectivity index (χ4v) is 2.37. The van der Waals surface area contributed by atoms with E-state index >= 15 is 0 Å². The molecule has 1 aromatic heterocycles. The number of nitro benzene ring substituents is 1. The minimum Gasteiger partial charge on any atom is -0.369 e. The Hall–Kier alpha value is -2.94. The van der Waals surface area contributed by atoms with Gasteiger partial charge in [-0.25, -0.2) is 4.98 Å². The normalized spacial score (nSPS) is 10.5. The van der Waals surface area contributed by atoms with E-state index in [4.69, 9.17) is 11.5 Å². The average Bonchev–Trinajstić information content (AvgIpc) is 2.49. The lowest BCUT2D eigenvalue weighted by atomic mass is 10.2. The van der Waals surface area contributed by atoms with E-state index in [1.165, 1.54) is 30.1 Å². The Kier molecular flexibility index (Phi) is 5.04. The summed E-state index contributed by atoms with van der Waals surface area (Å²) in [6, 6.07) is 9.95. The summed E-state index contributed by atoms with van der Waals surface area (Å²) in [5.74, 6) is -0.194. The number of benzene rings is 1. The summed E-state index contributed by atoms with van der Waals surface area (Å²) in [6.07, 6.45) is 3.03. The van der Waals surface area contributed by atoms with Crippen molar-refractivity contribution in [3.8, 4) is 0 Å². The van der Waals surface area contributed by atoms with Crippen LogP contribution in [-0.4, -0.2) is 22.1 Å². The number of nitro groups is 1. The molecule has 0 radical (unpaired) electrons. The maximum Gasteiger partial charge on any atom is 0.270 e. The van der Waals surface area contributed by atoms with Gasteiger partial charge in [0, 0.05) is 28.8 Å². The Balaban J connectivity index is 2.37. The van der Waals surface area contributed by atoms with Gasteiger partial charge in [0.1, 0.15) is 5.03 Å². The van der Waals surface area contributed by atoms with Gasteiger partial charge < -0.3 is 11.5 Å². The maximum absolute atomic E-state index is 10.9. The first-order chi connectivity index (χ1) is 10.6. The average molecular weight is 316 g/mol. The van der Waals surface area contributed by atoms with E-state index in [1.807, 2.05) is 12.1 Å². The number of pyridine rings is 1. The monoisotopic (exact) mass is 316 g/mol. The molecular formula is C13H12N6O2S. The van der Waals surface area contributed by atoms with Crippen LogP contribution in [-0.2, 0) is 0 Å². The molecule has 0 saturated heterocycles. The Morgan fingerprint density at radius 2 is 2.14 bits per heavy atom. The van der Waals surface area contributed by atoms with Crippen molar-refractivity contribution in [2.24, 2.45) is 21.7 Å². The summed E-state index contributed by atoms with van der Waals surface area (Å²) in [6.45, 7) is 0. The molecule has 0 saturated carbocycles. The first kappa shape index (κ1) is 15.4. The Morgan fingerprint density at radius 1 is 1.32 bits per heavy atom. The summed E-state index contributed by atoms with van der Waals surface area (Å²) in [4.78, 5) is 15.3. The highest BCUT2D eigenvalue weighted by atomic mass is 32.2. The van der Waals surface area contributed by atoms with Gasteiger partial charge in [-0.2, -0.15) is 5.10 Å². The summed E-state index contributed by atoms with van der Waals surface area (Å²) in [5.41, 5.74) is 10.9. The Bertz CT molecular complexity index is 729. The number of hydrogen-bond donors (Lipinski definition) is 2. The van der Waals surface area contributed by atoms with Crippen molar-refractivity contribution in [1.82, 2.24) is 4.98 Å². The number of non-ortho nitro benzene ring substituents is 1. The quantitative estimate of drug-likeness (QED) is 0.373. The summed E-state index contributed by atoms with van der Waals surface area (Å²) in [5, 5.41) is 18.8. The Morgan fingerprint density at radius 3 is 2.77 bits per heavy atom. The molecule has 0 aliphatic carbocycles. The van der Waals surface area contributed by atoms with Gasteiger partial charge in [0.05, 0.1) is 11.1 Å². The first-order valence-electron chi connectivity index (χ1n) is 6.05. The van der Waals surface area contributed by atoms with Crippen LogP contribution < -0.4 is 11.5 Å². The zero-order valence-electron chi connectivity index (χ0n) is 11.3. The molecule has 0 atom stereocenters. The van der Waals surface area contributed by atoms with Crippen LogP contribution >= 0.6 is 11.8 Å². The molecule has 2 aromatic rings. The lowest BCUT2D eigenvalue weighted by molar-refractivity contribution is -0.384. The van der Waals surface area contributed by atoms with Gasteiger partial charge in [0.2, 0.25) is 5.96 Å². The topological polar surface area (TPSA) is 133 Å². The molecule has 0 unspecified atom stereocenters. The number of hydrogen-bond acceptors (Lipinski definition) is 6. The van der Waals surface area contributed by atoms with Crippen LogP contribution in [0.1, 0.15) is 5.56 Å². The maximum atomic E-state index is 10.9. The van der Waals surface area contributed by atoms with Gasteiger partial charge in [-0.15, -0.1) is 5.10 Å². The molecule has 22 heavy (non-hydrogen) atoms. The lowest BCUT2D eigenvalue weighted by Gasteiger charge is -2.04. The summed E-state index contributed by atoms with van der Waals surface area (Å²) < 4.78 is 0. The molecule has 112 valence electrons. The van der Waals surface area contributed by atoms with E-state index in [9.17, 15) is 10.1 Å². The fourth-order valence-electron chi connectivity index (χ4n) is 1.52. The molecule has 9 heteroatoms. The minimum absolute atomic E-state index is 0.0449. The number of rotatable bonds is 5. The van der Waals surface area contributed by atoms with Crippen LogP contribution in [0.15, 0.2) is 62.7 Å². The standard InChI is InChI=1S/C13H12N6O2S/c14-13(15)18-17-8-9-7-10(19(20)21)4-5-11(9)22-12-3-1-2-6-16-12/h1-8H,(H4,14,15,18). The van der Waals surface area contributed by atoms with E-state index in [-0.39, 0.29) is 11.6 Å². The molecule has 4 N–H and O–H groups in total. The third-order valence-electron chi connectivity index (χ3n) is 2.43. The molecule has 8 nitrogen and oxygen atoms in total. The predicted octanol–water partition coefficient (Wildman–Crippen LogP) is 1.75. The highest BCUT2D eigenvalue weighted by Gasteiger charge is 2.11. The second-order valence-electron chi connectivity index (χ2n) is 4.02. The second-order valence-corrected chi connectivity index (χ2v) is 5.08. The van der Waals surface area contributed by atoms with E-state index in [1.54, 1.807) is 18.3 Å². The lowest BCUT2D eigenvalue weighted by Crippen LogP contribution is -2.21. The molecule has 1 aromatic carbocycles. The zero-order valence-corrected chi connectivity index (χ0v) is 12.1. The largest absolute Gasteiger partial charge is 0.369 e. The van der Waals surface area contributed by atoms with E-state index in [2.05, 4.69) is 15.2 Å². The molecule has 0 bridgehead atoms. The number of guanidine groups is 1. The van der Waals surface area contributed by atoms with Gasteiger partial charge in [0.25, 0.3) is 5.69 Å². The SMILES string of the molecule is NC(N)=NN=Cc1cc([N+](=O)[O-])ccc1Sc1ccccn1. The molecule has 2 rings (SSSR count). The van der Waals surface area contributed by atoms with Gasteiger partial charge in [-0.3, -0.25) is 10.1 Å². The molecular weight excluding hydrogens is 304 g/mol. The van der Waals surface area contributed by atoms with Crippen molar-refractivity contribution < 1.29 is 4.92 Å². The van der Waals surface area contributed by atoms with E-state index in [0.29, 0.717) is 5.56 Å². The third-order valence-corrected chi connectivity index (χ3v) is 3.47. The van der Waals surface area contributed by atoms with Crippen molar-refractivity contribution in [2.75, 3.05) is 0 Å². The van der Waals surface area contributed by atoms with Crippen LogP contribution in [0.2, 0.25) is 0 Å². The molecule has 0 aliphatic heterocycles. The third kappa shape index (κ3) is 4.28. The van der Waals surface area contributed by atoms with Gasteiger partial charge in [-0.05, 0) is 18.2 Å². The van der Waals surface area contributed by atoms with Gasteiger partial charge in [-0.1, -0.05) is 17.8 Å². The van der Waals surface area contributed by atoms with Crippen LogP contribution in [0.3, 0.4) is 0 Å². The fraction of sp³-hybridized carbons (Fsp3) is 0. The van der Waals surface area contributed by atoms with Crippen LogP contribution in [0.5, 0.6) is 0 Å². The molecule has 0 amide bonds. The number of aromatic nitrogens is 1. The second kappa shape index (κ2) is 7.18. The van der Waals surface area contributed by atoms with Crippen molar-refractivity contribution in [3.05, 3.63) is 58.3 Å². The highest BCUT2D eigenvalue weighted by Crippen LogP contribution is 2.30. The van der Waals surface area contributed by atoms with E-state index in [0.717, 1.165) is 9.92 Å². The van der Waals surface area contributed by atoms with Gasteiger partial charge in [0.15, 0.2) is 0 Å². The smallest absolute Gasteiger partial charge is 0.270 e. The van der Waals surface area contributed by atoms with Crippen LogP contribution in [0.25, 0.3) is 0 Å². The molecule has 0 spiro atoms. The molecule has 0 fully saturated rings. The van der Waals surface area contributed by atoms with Crippen LogP contribution in [0, 0.1) is 10.1 Å². The van der Waals surface area contributed by atoms with Crippen molar-refractivity contribution in [3.63, 3.8) is 0 Å².